The van der Waals surface area contributed by atoms with E-state index in [1.807, 2.05) is 32.0 Å². The molecule has 2 rings (SSSR count). The molecule has 0 aliphatic heterocycles. The van der Waals surface area contributed by atoms with Gasteiger partial charge in [0.25, 0.3) is 5.88 Å². The highest BCUT2D eigenvalue weighted by molar-refractivity contribution is 5.81. The fourth-order valence-electron chi connectivity index (χ4n) is 2.53. The van der Waals surface area contributed by atoms with Crippen molar-refractivity contribution in [1.82, 2.24) is 4.98 Å². The van der Waals surface area contributed by atoms with E-state index in [-0.39, 0.29) is 23.2 Å². The van der Waals surface area contributed by atoms with Crippen molar-refractivity contribution in [3.63, 3.8) is 0 Å². The average molecular weight is 326 g/mol. The van der Waals surface area contributed by atoms with Gasteiger partial charge in [-0.1, -0.05) is 13.8 Å². The van der Waals surface area contributed by atoms with Gasteiger partial charge in [0.2, 0.25) is 11.6 Å². The Labute approximate surface area is 141 Å². The lowest BCUT2D eigenvalue weighted by Crippen LogP contribution is -1.95. The minimum absolute atomic E-state index is 0.194. The van der Waals surface area contributed by atoms with Crippen LogP contribution in [-0.4, -0.2) is 16.3 Å². The number of phenols is 1. The lowest BCUT2D eigenvalue weighted by Gasteiger charge is -2.05. The zero-order chi connectivity index (χ0) is 17.7. The van der Waals surface area contributed by atoms with E-state index in [2.05, 4.69) is 29.4 Å². The molecule has 0 fully saturated rings. The van der Waals surface area contributed by atoms with E-state index < -0.39 is 0 Å². The monoisotopic (exact) mass is 326 g/mol. The summed E-state index contributed by atoms with van der Waals surface area (Å²) in [6, 6.07) is 5.68. The molecule has 6 nitrogen and oxygen atoms in total. The molecule has 0 atom stereocenters. The van der Waals surface area contributed by atoms with Crippen molar-refractivity contribution in [1.29, 1.82) is 5.26 Å². The van der Waals surface area contributed by atoms with Gasteiger partial charge in [-0.25, -0.2) is 10.4 Å². The summed E-state index contributed by atoms with van der Waals surface area (Å²) in [5, 5.41) is 23.1. The summed E-state index contributed by atoms with van der Waals surface area (Å²) in [5.74, 6) is 1.30. The summed E-state index contributed by atoms with van der Waals surface area (Å²) >= 11 is 0. The number of aromatic hydroxyl groups is 1. The zero-order valence-corrected chi connectivity index (χ0v) is 14.4. The molecule has 0 radical (unpaired) electrons. The summed E-state index contributed by atoms with van der Waals surface area (Å²) < 4.78 is 5.66. The Hall–Kier alpha value is -2.81. The first-order valence-electron chi connectivity index (χ1n) is 8.00. The van der Waals surface area contributed by atoms with E-state index in [4.69, 9.17) is 4.42 Å². The fourth-order valence-corrected chi connectivity index (χ4v) is 2.53. The van der Waals surface area contributed by atoms with Gasteiger partial charge in [0.05, 0.1) is 6.21 Å². The van der Waals surface area contributed by atoms with Gasteiger partial charge < -0.3 is 9.52 Å². The van der Waals surface area contributed by atoms with Gasteiger partial charge in [-0.3, -0.25) is 0 Å². The minimum atomic E-state index is 0.194. The smallest absolute Gasteiger partial charge is 0.252 e. The third-order valence-corrected chi connectivity index (χ3v) is 3.98. The van der Waals surface area contributed by atoms with E-state index >= 15 is 0 Å². The SMILES string of the molecule is CCC(CC)c1nc(C#N)c(N/N=C/c2cc(C)c(O)c(C)c2)o1. The number of benzene rings is 1. The zero-order valence-electron chi connectivity index (χ0n) is 14.4. The number of nitrogens with one attached hydrogen (secondary N) is 1. The molecule has 0 saturated carbocycles. The molecular formula is C18H22N4O2. The van der Waals surface area contributed by atoms with Crippen molar-refractivity contribution in [2.24, 2.45) is 5.10 Å². The Morgan fingerprint density at radius 2 is 1.96 bits per heavy atom. The van der Waals surface area contributed by atoms with Crippen molar-refractivity contribution in [3.8, 4) is 11.8 Å². The normalized spacial score (nSPS) is 11.2. The van der Waals surface area contributed by atoms with E-state index in [0.717, 1.165) is 29.5 Å². The average Bonchev–Trinajstić information content (AvgIpc) is 2.97. The first-order chi connectivity index (χ1) is 11.5. The minimum Gasteiger partial charge on any atom is -0.507 e. The van der Waals surface area contributed by atoms with Gasteiger partial charge in [-0.05, 0) is 55.5 Å². The van der Waals surface area contributed by atoms with Crippen LogP contribution in [0.2, 0.25) is 0 Å². The maximum atomic E-state index is 9.78. The number of nitriles is 1. The predicted octanol–water partition coefficient (Wildman–Crippen LogP) is 4.22. The molecule has 6 heteroatoms. The molecule has 0 aliphatic rings. The molecule has 2 N–H and O–H groups in total. The van der Waals surface area contributed by atoms with Crippen LogP contribution in [0.15, 0.2) is 21.7 Å². The highest BCUT2D eigenvalue weighted by atomic mass is 16.4. The maximum absolute atomic E-state index is 9.78. The standard InChI is InChI=1S/C18H22N4O2/c1-5-14(6-2)17-21-15(9-19)18(24-17)22-20-10-13-7-11(3)16(23)12(4)8-13/h7-8,10,14,22-23H,5-6H2,1-4H3/b20-10+. The summed E-state index contributed by atoms with van der Waals surface area (Å²) in [4.78, 5) is 4.24. The Morgan fingerprint density at radius 3 is 2.50 bits per heavy atom. The van der Waals surface area contributed by atoms with Gasteiger partial charge in [0.15, 0.2) is 0 Å². The first-order valence-corrected chi connectivity index (χ1v) is 8.00. The topological polar surface area (TPSA) is 94.4 Å². The lowest BCUT2D eigenvalue weighted by molar-refractivity contribution is 0.439. The molecule has 24 heavy (non-hydrogen) atoms. The van der Waals surface area contributed by atoms with Crippen molar-refractivity contribution < 1.29 is 9.52 Å². The Balaban J connectivity index is 2.18. The van der Waals surface area contributed by atoms with E-state index in [0.29, 0.717) is 5.89 Å². The number of nitrogens with zero attached hydrogens (tertiary/aromatic N) is 3. The summed E-state index contributed by atoms with van der Waals surface area (Å²) in [6.07, 6.45) is 3.41. The number of hydrogen-bond donors (Lipinski definition) is 2. The number of aromatic nitrogens is 1. The fraction of sp³-hybridized carbons (Fsp3) is 0.389. The van der Waals surface area contributed by atoms with Gasteiger partial charge in [0.1, 0.15) is 11.8 Å². The van der Waals surface area contributed by atoms with Crippen LogP contribution in [0.1, 0.15) is 60.9 Å². The number of hydrogen-bond acceptors (Lipinski definition) is 6. The van der Waals surface area contributed by atoms with Crippen molar-refractivity contribution >= 4 is 12.1 Å². The third-order valence-electron chi connectivity index (χ3n) is 3.98. The molecule has 1 aromatic carbocycles. The van der Waals surface area contributed by atoms with E-state index in [1.54, 1.807) is 6.21 Å². The molecule has 1 heterocycles. The number of phenolic OH excluding ortho intramolecular Hbond substituents is 1. The molecule has 1 aromatic heterocycles. The summed E-state index contributed by atoms with van der Waals surface area (Å²) in [5.41, 5.74) is 5.35. The van der Waals surface area contributed by atoms with Crippen molar-refractivity contribution in [2.45, 2.75) is 46.5 Å². The number of rotatable bonds is 6. The van der Waals surface area contributed by atoms with Gasteiger partial charge >= 0.3 is 0 Å². The second-order valence-electron chi connectivity index (χ2n) is 5.73. The van der Waals surface area contributed by atoms with Gasteiger partial charge in [-0.2, -0.15) is 10.4 Å². The highest BCUT2D eigenvalue weighted by Gasteiger charge is 2.18. The molecule has 0 aliphatic carbocycles. The Bertz CT molecular complexity index is 760. The quantitative estimate of drug-likeness (QED) is 0.612. The van der Waals surface area contributed by atoms with Crippen molar-refractivity contribution in [3.05, 3.63) is 40.4 Å². The van der Waals surface area contributed by atoms with Crippen LogP contribution in [0.4, 0.5) is 5.88 Å². The Kier molecular flexibility index (Phi) is 5.59. The lowest BCUT2D eigenvalue weighted by atomic mass is 10.0. The predicted molar refractivity (Wildman–Crippen MR) is 93.3 cm³/mol. The number of anilines is 1. The molecule has 126 valence electrons. The van der Waals surface area contributed by atoms with E-state index in [9.17, 15) is 10.4 Å². The van der Waals surface area contributed by atoms with Crippen molar-refractivity contribution in [2.75, 3.05) is 5.43 Å². The highest BCUT2D eigenvalue weighted by Crippen LogP contribution is 2.27. The van der Waals surface area contributed by atoms with Gasteiger partial charge in [0, 0.05) is 5.92 Å². The summed E-state index contributed by atoms with van der Waals surface area (Å²) in [7, 11) is 0. The van der Waals surface area contributed by atoms with Crippen LogP contribution in [-0.2, 0) is 0 Å². The van der Waals surface area contributed by atoms with Crippen LogP contribution in [0.3, 0.4) is 0 Å². The molecule has 0 bridgehead atoms. The maximum Gasteiger partial charge on any atom is 0.252 e. The third kappa shape index (κ3) is 3.74. The van der Waals surface area contributed by atoms with Crippen LogP contribution in [0, 0.1) is 25.2 Å². The summed E-state index contributed by atoms with van der Waals surface area (Å²) in [6.45, 7) is 7.79. The van der Waals surface area contributed by atoms with Crippen LogP contribution < -0.4 is 5.43 Å². The number of aryl methyl sites for hydroxylation is 2. The van der Waals surface area contributed by atoms with Crippen LogP contribution >= 0.6 is 0 Å². The van der Waals surface area contributed by atoms with Crippen LogP contribution in [0.5, 0.6) is 5.75 Å². The molecule has 0 saturated heterocycles. The number of hydrazone groups is 1. The van der Waals surface area contributed by atoms with Gasteiger partial charge in [-0.15, -0.1) is 0 Å². The molecule has 0 amide bonds. The molecule has 0 spiro atoms. The second kappa shape index (κ2) is 7.64. The largest absolute Gasteiger partial charge is 0.507 e. The molecular weight excluding hydrogens is 304 g/mol. The second-order valence-corrected chi connectivity index (χ2v) is 5.73. The first kappa shape index (κ1) is 17.5. The number of oxazole rings is 1. The molecule has 0 unspecified atom stereocenters. The Morgan fingerprint density at radius 1 is 1.33 bits per heavy atom. The van der Waals surface area contributed by atoms with Crippen LogP contribution in [0.25, 0.3) is 0 Å². The molecule has 2 aromatic rings. The van der Waals surface area contributed by atoms with E-state index in [1.165, 1.54) is 0 Å².